The molecule has 130 valence electrons. The van der Waals surface area contributed by atoms with Gasteiger partial charge >= 0.3 is 5.97 Å². The van der Waals surface area contributed by atoms with Crippen LogP contribution in [0.4, 0.5) is 0 Å². The number of ether oxygens (including phenoxy) is 1. The predicted molar refractivity (Wildman–Crippen MR) is 84.1 cm³/mol. The van der Waals surface area contributed by atoms with Crippen LogP contribution in [0.5, 0.6) is 0 Å². The highest BCUT2D eigenvalue weighted by molar-refractivity contribution is 5.98. The molecule has 2 aromatic rings. The molecule has 2 aliphatic rings. The molecule has 2 atom stereocenters. The topological polar surface area (TPSA) is 110 Å². The Bertz CT molecular complexity index is 809. The highest BCUT2D eigenvalue weighted by Crippen LogP contribution is 2.43. The maximum Gasteiger partial charge on any atom is 0.311 e. The number of aliphatic carboxylic acids is 1. The quantitative estimate of drug-likeness (QED) is 0.849. The Morgan fingerprint density at radius 2 is 2.16 bits per heavy atom. The molecule has 0 aliphatic carbocycles. The summed E-state index contributed by atoms with van der Waals surface area (Å²) in [6.45, 7) is 1.34. The molecule has 4 rings (SSSR count). The molecular formula is C16H17N5O4. The molecule has 9 nitrogen and oxygen atoms in total. The third kappa shape index (κ3) is 2.47. The summed E-state index contributed by atoms with van der Waals surface area (Å²) in [6, 6.07) is 7.01. The van der Waals surface area contributed by atoms with E-state index in [1.165, 1.54) is 11.0 Å². The monoisotopic (exact) mass is 343 g/mol. The normalized spacial score (nSPS) is 25.6. The summed E-state index contributed by atoms with van der Waals surface area (Å²) in [5.74, 6) is -1.27. The van der Waals surface area contributed by atoms with E-state index in [1.807, 2.05) is 0 Å². The molecule has 0 radical (unpaired) electrons. The van der Waals surface area contributed by atoms with Crippen molar-refractivity contribution in [3.63, 3.8) is 0 Å². The van der Waals surface area contributed by atoms with Crippen molar-refractivity contribution >= 4 is 11.9 Å². The van der Waals surface area contributed by atoms with Crippen LogP contribution in [-0.2, 0) is 9.53 Å². The van der Waals surface area contributed by atoms with E-state index in [0.717, 1.165) is 0 Å². The van der Waals surface area contributed by atoms with Crippen LogP contribution < -0.4 is 0 Å². The molecule has 2 aliphatic heterocycles. The zero-order valence-electron chi connectivity index (χ0n) is 13.4. The third-order valence-electron chi connectivity index (χ3n) is 5.15. The number of likely N-dealkylation sites (tertiary alicyclic amines) is 1. The molecule has 1 N–H and O–H groups in total. The van der Waals surface area contributed by atoms with Gasteiger partial charge in [-0.05, 0) is 29.0 Å². The van der Waals surface area contributed by atoms with Gasteiger partial charge in [-0.15, -0.1) is 5.10 Å². The minimum absolute atomic E-state index is 0.192. The van der Waals surface area contributed by atoms with E-state index >= 15 is 0 Å². The SMILES string of the molecule is O=C(c1ccccc1-n1cnnn1)N1C[C@H]2COCC[C@@]2(C(=O)O)C1. The summed E-state index contributed by atoms with van der Waals surface area (Å²) in [4.78, 5) is 26.6. The van der Waals surface area contributed by atoms with Crippen LogP contribution in [0.25, 0.3) is 5.69 Å². The van der Waals surface area contributed by atoms with E-state index in [9.17, 15) is 14.7 Å². The zero-order chi connectivity index (χ0) is 17.4. The fourth-order valence-corrected chi connectivity index (χ4v) is 3.75. The lowest BCUT2D eigenvalue weighted by Crippen LogP contribution is -2.45. The lowest BCUT2D eigenvalue weighted by atomic mass is 9.74. The first-order valence-electron chi connectivity index (χ1n) is 8.04. The van der Waals surface area contributed by atoms with Gasteiger partial charge in [0.05, 0.1) is 23.3 Å². The van der Waals surface area contributed by atoms with Crippen LogP contribution >= 0.6 is 0 Å². The van der Waals surface area contributed by atoms with Crippen molar-refractivity contribution in [2.24, 2.45) is 11.3 Å². The number of rotatable bonds is 3. The number of carbonyl (C=O) groups is 2. The van der Waals surface area contributed by atoms with Crippen LogP contribution in [0, 0.1) is 11.3 Å². The summed E-state index contributed by atoms with van der Waals surface area (Å²) in [5.41, 5.74) is 0.0837. The molecule has 2 fully saturated rings. The van der Waals surface area contributed by atoms with Crippen LogP contribution in [0.1, 0.15) is 16.8 Å². The van der Waals surface area contributed by atoms with E-state index in [0.29, 0.717) is 37.4 Å². The van der Waals surface area contributed by atoms with Gasteiger partial charge in [-0.3, -0.25) is 9.59 Å². The summed E-state index contributed by atoms with van der Waals surface area (Å²) in [6.07, 6.45) is 1.84. The number of amides is 1. The maximum atomic E-state index is 13.1. The van der Waals surface area contributed by atoms with Gasteiger partial charge in [0, 0.05) is 25.6 Å². The number of carbonyl (C=O) groups excluding carboxylic acids is 1. The van der Waals surface area contributed by atoms with Gasteiger partial charge in [0.25, 0.3) is 5.91 Å². The Labute approximate surface area is 143 Å². The smallest absolute Gasteiger partial charge is 0.311 e. The minimum atomic E-state index is -0.919. The largest absolute Gasteiger partial charge is 0.481 e. The first kappa shape index (κ1) is 15.7. The van der Waals surface area contributed by atoms with Crippen molar-refractivity contribution < 1.29 is 19.4 Å². The Morgan fingerprint density at radius 3 is 2.88 bits per heavy atom. The Morgan fingerprint density at radius 1 is 1.32 bits per heavy atom. The molecule has 3 heterocycles. The van der Waals surface area contributed by atoms with Crippen LogP contribution in [0.15, 0.2) is 30.6 Å². The van der Waals surface area contributed by atoms with Crippen LogP contribution in [-0.4, -0.2) is 68.4 Å². The second-order valence-corrected chi connectivity index (χ2v) is 6.44. The summed E-state index contributed by atoms with van der Waals surface area (Å²) >= 11 is 0. The molecule has 1 aromatic carbocycles. The highest BCUT2D eigenvalue weighted by Gasteiger charge is 2.55. The van der Waals surface area contributed by atoms with Gasteiger partial charge in [-0.1, -0.05) is 12.1 Å². The number of aromatic nitrogens is 4. The number of tetrazole rings is 1. The average Bonchev–Trinajstić information content (AvgIpc) is 3.29. The molecule has 25 heavy (non-hydrogen) atoms. The van der Waals surface area contributed by atoms with E-state index in [2.05, 4.69) is 15.5 Å². The second-order valence-electron chi connectivity index (χ2n) is 6.44. The van der Waals surface area contributed by atoms with Gasteiger partial charge < -0.3 is 14.7 Å². The van der Waals surface area contributed by atoms with Gasteiger partial charge in [0.2, 0.25) is 0 Å². The van der Waals surface area contributed by atoms with Gasteiger partial charge in [-0.25, -0.2) is 0 Å². The number of para-hydroxylation sites is 1. The number of fused-ring (bicyclic) bond motifs is 1. The minimum Gasteiger partial charge on any atom is -0.481 e. The summed E-state index contributed by atoms with van der Waals surface area (Å²) in [5, 5.41) is 20.8. The molecule has 0 spiro atoms. The van der Waals surface area contributed by atoms with Crippen molar-refractivity contribution in [2.75, 3.05) is 26.3 Å². The number of carboxylic acids is 1. The summed E-state index contributed by atoms with van der Waals surface area (Å²) in [7, 11) is 0. The molecule has 0 saturated carbocycles. The highest BCUT2D eigenvalue weighted by atomic mass is 16.5. The molecular weight excluding hydrogens is 326 g/mol. The van der Waals surface area contributed by atoms with E-state index < -0.39 is 11.4 Å². The van der Waals surface area contributed by atoms with Gasteiger partial charge in [0.1, 0.15) is 6.33 Å². The number of carboxylic acid groups (broad SMARTS) is 1. The Kier molecular flexibility index (Phi) is 3.72. The van der Waals surface area contributed by atoms with Crippen molar-refractivity contribution in [1.82, 2.24) is 25.1 Å². The maximum absolute atomic E-state index is 13.1. The van der Waals surface area contributed by atoms with E-state index in [-0.39, 0.29) is 18.4 Å². The Balaban J connectivity index is 1.66. The van der Waals surface area contributed by atoms with Crippen LogP contribution in [0.2, 0.25) is 0 Å². The van der Waals surface area contributed by atoms with Crippen LogP contribution in [0.3, 0.4) is 0 Å². The molecule has 0 bridgehead atoms. The summed E-state index contributed by atoms with van der Waals surface area (Å²) < 4.78 is 6.87. The first-order chi connectivity index (χ1) is 12.1. The lowest BCUT2D eigenvalue weighted by Gasteiger charge is -2.33. The van der Waals surface area contributed by atoms with Crippen molar-refractivity contribution in [3.8, 4) is 5.69 Å². The van der Waals surface area contributed by atoms with Crippen molar-refractivity contribution in [1.29, 1.82) is 0 Å². The predicted octanol–water partition coefficient (Wildman–Crippen LogP) is 0.226. The van der Waals surface area contributed by atoms with E-state index in [1.54, 1.807) is 29.2 Å². The van der Waals surface area contributed by atoms with Gasteiger partial charge in [-0.2, -0.15) is 4.68 Å². The lowest BCUT2D eigenvalue weighted by molar-refractivity contribution is -0.157. The fourth-order valence-electron chi connectivity index (χ4n) is 3.75. The second kappa shape index (κ2) is 5.92. The van der Waals surface area contributed by atoms with Gasteiger partial charge in [0.15, 0.2) is 0 Å². The molecule has 0 unspecified atom stereocenters. The number of benzene rings is 1. The Hall–Kier alpha value is -2.81. The number of hydrogen-bond acceptors (Lipinski definition) is 6. The van der Waals surface area contributed by atoms with E-state index in [4.69, 9.17) is 4.74 Å². The standard InChI is InChI=1S/C16H17N5O4/c22-14(12-3-1-2-4-13(12)21-10-17-18-19-21)20-7-11-8-25-6-5-16(11,9-20)15(23)24/h1-4,10-11H,5-9H2,(H,23,24)/t11-,16+/m0/s1. The van der Waals surface area contributed by atoms with Crippen molar-refractivity contribution in [3.05, 3.63) is 36.2 Å². The zero-order valence-corrected chi connectivity index (χ0v) is 13.4. The fraction of sp³-hybridized carbons (Fsp3) is 0.438. The van der Waals surface area contributed by atoms with Crippen molar-refractivity contribution in [2.45, 2.75) is 6.42 Å². The number of hydrogen-bond donors (Lipinski definition) is 1. The molecule has 9 heteroatoms. The molecule has 1 aromatic heterocycles. The average molecular weight is 343 g/mol. The third-order valence-corrected chi connectivity index (χ3v) is 5.15. The molecule has 1 amide bonds. The molecule has 2 saturated heterocycles. The first-order valence-corrected chi connectivity index (χ1v) is 8.04. The number of nitrogens with zero attached hydrogens (tertiary/aromatic N) is 5.